The number of likely N-dealkylation sites (tertiary alicyclic amines) is 1. The van der Waals surface area contributed by atoms with E-state index in [1.165, 1.54) is 7.05 Å². The molecule has 3 nitrogen and oxygen atoms in total. The number of hydrogen-bond acceptors (Lipinski definition) is 2. The highest BCUT2D eigenvalue weighted by Crippen LogP contribution is 2.26. The SMILES string of the molecule is CN1CC(F)(F)C(O)C1=O. The summed E-state index contributed by atoms with van der Waals surface area (Å²) >= 11 is 0. The molecule has 1 heterocycles. The first-order valence-corrected chi connectivity index (χ1v) is 2.76. The van der Waals surface area contributed by atoms with Crippen molar-refractivity contribution in [3.63, 3.8) is 0 Å². The Labute approximate surface area is 56.2 Å². The molecular formula is C5H7F2NO2. The Hall–Kier alpha value is -0.710. The fourth-order valence-electron chi connectivity index (χ4n) is 0.870. The van der Waals surface area contributed by atoms with Gasteiger partial charge in [-0.25, -0.2) is 8.78 Å². The highest BCUT2D eigenvalue weighted by Gasteiger charge is 2.52. The smallest absolute Gasteiger partial charge is 0.299 e. The number of carbonyl (C=O) groups excluding carboxylic acids is 1. The zero-order chi connectivity index (χ0) is 7.94. The zero-order valence-corrected chi connectivity index (χ0v) is 5.34. The van der Waals surface area contributed by atoms with Crippen molar-refractivity contribution in [2.45, 2.75) is 12.0 Å². The number of alkyl halides is 2. The Balaban J connectivity index is 2.81. The van der Waals surface area contributed by atoms with Crippen molar-refractivity contribution in [3.8, 4) is 0 Å². The largest absolute Gasteiger partial charge is 0.378 e. The Morgan fingerprint density at radius 1 is 1.80 bits per heavy atom. The van der Waals surface area contributed by atoms with Crippen LogP contribution in [0.3, 0.4) is 0 Å². The van der Waals surface area contributed by atoms with Crippen LogP contribution in [0.25, 0.3) is 0 Å². The summed E-state index contributed by atoms with van der Waals surface area (Å²) in [6.45, 7) is -0.688. The third-order valence-electron chi connectivity index (χ3n) is 1.46. The maximum Gasteiger partial charge on any atom is 0.299 e. The number of nitrogens with zero attached hydrogens (tertiary/aromatic N) is 1. The van der Waals surface area contributed by atoms with Gasteiger partial charge in [0.05, 0.1) is 6.54 Å². The molecule has 0 aromatic heterocycles. The van der Waals surface area contributed by atoms with Gasteiger partial charge < -0.3 is 10.0 Å². The van der Waals surface area contributed by atoms with E-state index in [2.05, 4.69) is 0 Å². The molecule has 1 unspecified atom stereocenters. The predicted octanol–water partition coefficient (Wildman–Crippen LogP) is -0.545. The van der Waals surface area contributed by atoms with Gasteiger partial charge in [-0.1, -0.05) is 0 Å². The van der Waals surface area contributed by atoms with E-state index in [0.29, 0.717) is 0 Å². The van der Waals surface area contributed by atoms with E-state index in [9.17, 15) is 13.6 Å². The first-order chi connectivity index (χ1) is 4.45. The first-order valence-electron chi connectivity index (χ1n) is 2.76. The van der Waals surface area contributed by atoms with Crippen molar-refractivity contribution in [1.29, 1.82) is 0 Å². The van der Waals surface area contributed by atoms with Crippen LogP contribution in [0.1, 0.15) is 0 Å². The molecule has 1 aliphatic rings. The third kappa shape index (κ3) is 0.862. The van der Waals surface area contributed by atoms with Crippen LogP contribution in [-0.2, 0) is 4.79 Å². The van der Waals surface area contributed by atoms with Crippen LogP contribution in [0, 0.1) is 0 Å². The van der Waals surface area contributed by atoms with Crippen LogP contribution in [0.15, 0.2) is 0 Å². The lowest BCUT2D eigenvalue weighted by Crippen LogP contribution is -2.33. The molecule has 1 atom stereocenters. The predicted molar refractivity (Wildman–Crippen MR) is 28.6 cm³/mol. The van der Waals surface area contributed by atoms with Gasteiger partial charge in [0.2, 0.25) is 0 Å². The van der Waals surface area contributed by atoms with Crippen molar-refractivity contribution in [1.82, 2.24) is 4.90 Å². The van der Waals surface area contributed by atoms with Gasteiger partial charge in [0.25, 0.3) is 11.8 Å². The zero-order valence-electron chi connectivity index (χ0n) is 5.34. The van der Waals surface area contributed by atoms with Gasteiger partial charge in [0.15, 0.2) is 6.10 Å². The van der Waals surface area contributed by atoms with Gasteiger partial charge in [0.1, 0.15) is 0 Å². The van der Waals surface area contributed by atoms with Crippen LogP contribution >= 0.6 is 0 Å². The maximum absolute atomic E-state index is 12.3. The Morgan fingerprint density at radius 3 is 2.40 bits per heavy atom. The number of likely N-dealkylation sites (N-methyl/N-ethyl adjacent to an activating group) is 1. The third-order valence-corrected chi connectivity index (χ3v) is 1.46. The first kappa shape index (κ1) is 7.40. The van der Waals surface area contributed by atoms with Crippen LogP contribution in [-0.4, -0.2) is 41.5 Å². The molecule has 10 heavy (non-hydrogen) atoms. The van der Waals surface area contributed by atoms with Crippen LogP contribution < -0.4 is 0 Å². The molecule has 1 N–H and O–H groups in total. The molecule has 0 radical (unpaired) electrons. The summed E-state index contributed by atoms with van der Waals surface area (Å²) < 4.78 is 24.7. The monoisotopic (exact) mass is 151 g/mol. The molecule has 0 saturated carbocycles. The summed E-state index contributed by atoms with van der Waals surface area (Å²) in [5, 5.41) is 8.55. The second-order valence-corrected chi connectivity index (χ2v) is 2.36. The Morgan fingerprint density at radius 2 is 2.30 bits per heavy atom. The topological polar surface area (TPSA) is 40.5 Å². The van der Waals surface area contributed by atoms with E-state index >= 15 is 0 Å². The van der Waals surface area contributed by atoms with Gasteiger partial charge in [-0.3, -0.25) is 4.79 Å². The number of aliphatic hydroxyl groups is 1. The van der Waals surface area contributed by atoms with E-state index in [-0.39, 0.29) is 0 Å². The molecule has 1 amide bonds. The van der Waals surface area contributed by atoms with E-state index in [0.717, 1.165) is 4.90 Å². The number of hydrogen-bond donors (Lipinski definition) is 1. The van der Waals surface area contributed by atoms with Crippen molar-refractivity contribution >= 4 is 5.91 Å². The van der Waals surface area contributed by atoms with E-state index in [4.69, 9.17) is 5.11 Å². The van der Waals surface area contributed by atoms with Gasteiger partial charge in [0, 0.05) is 7.05 Å². The van der Waals surface area contributed by atoms with Crippen LogP contribution in [0.2, 0.25) is 0 Å². The average Bonchev–Trinajstić information content (AvgIpc) is 1.95. The number of halogens is 2. The molecule has 1 aliphatic heterocycles. The van der Waals surface area contributed by atoms with Crippen LogP contribution in [0.4, 0.5) is 8.78 Å². The molecule has 0 spiro atoms. The summed E-state index contributed by atoms with van der Waals surface area (Å²) in [4.78, 5) is 11.3. The molecule has 5 heteroatoms. The lowest BCUT2D eigenvalue weighted by molar-refractivity contribution is -0.140. The molecule has 1 fully saturated rings. The van der Waals surface area contributed by atoms with Crippen molar-refractivity contribution in [2.24, 2.45) is 0 Å². The minimum Gasteiger partial charge on any atom is -0.378 e. The lowest BCUT2D eigenvalue weighted by Gasteiger charge is -2.08. The maximum atomic E-state index is 12.3. The summed E-state index contributed by atoms with van der Waals surface area (Å²) in [6, 6.07) is 0. The standard InChI is InChI=1S/C5H7F2NO2/c1-8-2-5(6,7)3(9)4(8)10/h3,9H,2H2,1H3. The van der Waals surface area contributed by atoms with E-state index < -0.39 is 24.5 Å². The average molecular weight is 151 g/mol. The molecule has 1 saturated heterocycles. The van der Waals surface area contributed by atoms with E-state index in [1.54, 1.807) is 0 Å². The van der Waals surface area contributed by atoms with Gasteiger partial charge in [-0.15, -0.1) is 0 Å². The summed E-state index contributed by atoms with van der Waals surface area (Å²) in [7, 11) is 1.23. The summed E-state index contributed by atoms with van der Waals surface area (Å²) in [5.74, 6) is -4.18. The minimum atomic E-state index is -3.27. The molecule has 0 bridgehead atoms. The fraction of sp³-hybridized carbons (Fsp3) is 0.800. The highest BCUT2D eigenvalue weighted by atomic mass is 19.3. The number of aliphatic hydroxyl groups excluding tert-OH is 1. The Bertz CT molecular complexity index is 171. The number of carbonyl (C=O) groups is 1. The molecular weight excluding hydrogens is 144 g/mol. The fourth-order valence-corrected chi connectivity index (χ4v) is 0.870. The Kier molecular flexibility index (Phi) is 1.39. The van der Waals surface area contributed by atoms with Crippen LogP contribution in [0.5, 0.6) is 0 Å². The molecule has 0 aromatic carbocycles. The summed E-state index contributed by atoms with van der Waals surface area (Å²) in [5.41, 5.74) is 0. The van der Waals surface area contributed by atoms with Crippen molar-refractivity contribution < 1.29 is 18.7 Å². The second kappa shape index (κ2) is 1.88. The van der Waals surface area contributed by atoms with Gasteiger partial charge in [-0.2, -0.15) is 0 Å². The number of rotatable bonds is 0. The van der Waals surface area contributed by atoms with E-state index in [1.807, 2.05) is 0 Å². The van der Waals surface area contributed by atoms with Crippen molar-refractivity contribution in [3.05, 3.63) is 0 Å². The molecule has 0 aromatic rings. The lowest BCUT2D eigenvalue weighted by atomic mass is 10.2. The summed E-state index contributed by atoms with van der Waals surface area (Å²) in [6.07, 6.45) is -2.14. The molecule has 0 aliphatic carbocycles. The second-order valence-electron chi connectivity index (χ2n) is 2.36. The van der Waals surface area contributed by atoms with Gasteiger partial charge in [-0.05, 0) is 0 Å². The van der Waals surface area contributed by atoms with Gasteiger partial charge >= 0.3 is 0 Å². The minimum absolute atomic E-state index is 0.688. The normalized spacial score (nSPS) is 31.4. The molecule has 58 valence electrons. The highest BCUT2D eigenvalue weighted by molar-refractivity contribution is 5.84. The molecule has 1 rings (SSSR count). The quantitative estimate of drug-likeness (QED) is 0.505. The van der Waals surface area contributed by atoms with Crippen molar-refractivity contribution in [2.75, 3.05) is 13.6 Å². The number of amides is 1.